The number of nitrogens with two attached hydrogens (primary N) is 1. The third kappa shape index (κ3) is 9.38. The molecule has 0 bridgehead atoms. The molecule has 3 amide bonds. The molecule has 1 aromatic heterocycles. The maximum absolute atomic E-state index is 13.4. The number of hydrogen-bond donors (Lipinski definition) is 6. The van der Waals surface area contributed by atoms with E-state index in [0.717, 1.165) is 16.5 Å². The van der Waals surface area contributed by atoms with Crippen LogP contribution in [0.25, 0.3) is 10.9 Å². The maximum Gasteiger partial charge on any atom is 0.326 e. The molecule has 0 spiro atoms. The normalized spacial score (nSPS) is 15.4. The van der Waals surface area contributed by atoms with Crippen molar-refractivity contribution in [1.82, 2.24) is 20.9 Å². The van der Waals surface area contributed by atoms with E-state index in [-0.39, 0.29) is 30.6 Å². The zero-order valence-electron chi connectivity index (χ0n) is 23.9. The molecule has 0 radical (unpaired) electrons. The van der Waals surface area contributed by atoms with Crippen LogP contribution in [0, 0.1) is 17.8 Å². The van der Waals surface area contributed by atoms with E-state index in [9.17, 15) is 24.3 Å². The Labute approximate surface area is 230 Å². The SMILES string of the molecule is CCC(C)C(NC(=O)C(N)Cc1c[nH]c2ccccc12)C(=O)NC(CC(C)C)C(=O)NC(CC(C)C)C(=O)O. The Hall–Kier alpha value is -3.40. The first kappa shape index (κ1) is 31.8. The number of carboxylic acids is 1. The smallest absolute Gasteiger partial charge is 0.326 e. The first-order valence-electron chi connectivity index (χ1n) is 13.8. The molecular formula is C29H45N5O5. The standard InChI is InChI=1S/C29H45N5O5/c1-7-18(6)25(34-26(35)21(30)14-19-15-31-22-11-9-8-10-20(19)22)28(37)32-23(12-16(2)3)27(36)33-24(29(38)39)13-17(4)5/h8-11,15-18,21,23-25,31H,7,12-14,30H2,1-6H3,(H,32,37)(H,33,36)(H,34,35)(H,38,39). The van der Waals surface area contributed by atoms with E-state index < -0.39 is 47.9 Å². The molecule has 10 heteroatoms. The van der Waals surface area contributed by atoms with Gasteiger partial charge in [-0.05, 0) is 48.6 Å². The van der Waals surface area contributed by atoms with Crippen LogP contribution in [0.4, 0.5) is 0 Å². The number of nitrogens with one attached hydrogen (secondary N) is 4. The minimum atomic E-state index is -1.12. The number of amides is 3. The molecule has 216 valence electrons. The van der Waals surface area contributed by atoms with E-state index in [2.05, 4.69) is 20.9 Å². The number of para-hydroxylation sites is 1. The van der Waals surface area contributed by atoms with Gasteiger partial charge in [-0.25, -0.2) is 4.79 Å². The molecule has 1 aromatic carbocycles. The monoisotopic (exact) mass is 543 g/mol. The van der Waals surface area contributed by atoms with Crippen LogP contribution in [0.3, 0.4) is 0 Å². The highest BCUT2D eigenvalue weighted by Crippen LogP contribution is 2.19. The topological polar surface area (TPSA) is 166 Å². The number of aliphatic carboxylic acids is 1. The minimum Gasteiger partial charge on any atom is -0.480 e. The maximum atomic E-state index is 13.4. The summed E-state index contributed by atoms with van der Waals surface area (Å²) in [4.78, 5) is 54.5. The second kappa shape index (κ2) is 14.7. The van der Waals surface area contributed by atoms with E-state index in [1.807, 2.05) is 72.0 Å². The molecular weight excluding hydrogens is 498 g/mol. The first-order chi connectivity index (χ1) is 18.3. The highest BCUT2D eigenvalue weighted by Gasteiger charge is 2.33. The molecule has 0 aliphatic heterocycles. The van der Waals surface area contributed by atoms with Crippen molar-refractivity contribution >= 4 is 34.6 Å². The van der Waals surface area contributed by atoms with Gasteiger partial charge in [0.05, 0.1) is 6.04 Å². The van der Waals surface area contributed by atoms with Crippen molar-refractivity contribution in [2.24, 2.45) is 23.5 Å². The van der Waals surface area contributed by atoms with Gasteiger partial charge in [0.2, 0.25) is 17.7 Å². The number of hydrogen-bond acceptors (Lipinski definition) is 5. The van der Waals surface area contributed by atoms with Gasteiger partial charge in [0.25, 0.3) is 0 Å². The number of aromatic amines is 1. The lowest BCUT2D eigenvalue weighted by Crippen LogP contribution is -2.59. The van der Waals surface area contributed by atoms with Crippen molar-refractivity contribution in [3.05, 3.63) is 36.0 Å². The highest BCUT2D eigenvalue weighted by atomic mass is 16.4. The lowest BCUT2D eigenvalue weighted by molar-refractivity contribution is -0.143. The number of carboxylic acid groups (broad SMARTS) is 1. The lowest BCUT2D eigenvalue weighted by Gasteiger charge is -2.28. The van der Waals surface area contributed by atoms with Crippen LogP contribution < -0.4 is 21.7 Å². The van der Waals surface area contributed by atoms with Crippen LogP contribution in [0.5, 0.6) is 0 Å². The van der Waals surface area contributed by atoms with E-state index >= 15 is 0 Å². The Morgan fingerprint density at radius 3 is 2.05 bits per heavy atom. The van der Waals surface area contributed by atoms with Crippen LogP contribution in [0.15, 0.2) is 30.5 Å². The van der Waals surface area contributed by atoms with Crippen molar-refractivity contribution in [1.29, 1.82) is 0 Å². The van der Waals surface area contributed by atoms with Crippen LogP contribution in [0.2, 0.25) is 0 Å². The third-order valence-corrected chi connectivity index (χ3v) is 6.91. The van der Waals surface area contributed by atoms with Crippen LogP contribution in [-0.2, 0) is 25.6 Å². The molecule has 0 aliphatic rings. The summed E-state index contributed by atoms with van der Waals surface area (Å²) in [6.07, 6.45) is 3.30. The summed E-state index contributed by atoms with van der Waals surface area (Å²) in [7, 11) is 0. The fourth-order valence-electron chi connectivity index (χ4n) is 4.52. The molecule has 7 N–H and O–H groups in total. The van der Waals surface area contributed by atoms with Crippen LogP contribution >= 0.6 is 0 Å². The van der Waals surface area contributed by atoms with E-state index in [1.165, 1.54) is 0 Å². The molecule has 0 fully saturated rings. The molecule has 5 unspecified atom stereocenters. The number of carbonyl (C=O) groups is 4. The molecule has 5 atom stereocenters. The Morgan fingerprint density at radius 1 is 0.872 bits per heavy atom. The molecule has 2 aromatic rings. The summed E-state index contributed by atoms with van der Waals surface area (Å²) in [5, 5.41) is 18.7. The number of rotatable bonds is 15. The molecule has 2 rings (SSSR count). The van der Waals surface area contributed by atoms with E-state index in [4.69, 9.17) is 5.73 Å². The Morgan fingerprint density at radius 2 is 1.46 bits per heavy atom. The quantitative estimate of drug-likeness (QED) is 0.202. The fourth-order valence-corrected chi connectivity index (χ4v) is 4.52. The number of aromatic nitrogens is 1. The summed E-state index contributed by atoms with van der Waals surface area (Å²) in [6.45, 7) is 11.3. The van der Waals surface area contributed by atoms with Crippen molar-refractivity contribution in [2.45, 2.75) is 91.4 Å². The Balaban J connectivity index is 2.15. The van der Waals surface area contributed by atoms with Crippen molar-refractivity contribution in [3.63, 3.8) is 0 Å². The minimum absolute atomic E-state index is 0.0515. The van der Waals surface area contributed by atoms with Gasteiger partial charge < -0.3 is 31.8 Å². The third-order valence-electron chi connectivity index (χ3n) is 6.91. The lowest BCUT2D eigenvalue weighted by atomic mass is 9.95. The van der Waals surface area contributed by atoms with Crippen LogP contribution in [0.1, 0.15) is 66.4 Å². The van der Waals surface area contributed by atoms with Crippen LogP contribution in [-0.4, -0.2) is 57.9 Å². The second-order valence-electron chi connectivity index (χ2n) is 11.3. The van der Waals surface area contributed by atoms with Gasteiger partial charge in [-0.1, -0.05) is 66.2 Å². The van der Waals surface area contributed by atoms with Crippen molar-refractivity contribution in [3.8, 4) is 0 Å². The fraction of sp³-hybridized carbons (Fsp3) is 0.586. The number of fused-ring (bicyclic) bond motifs is 1. The average Bonchev–Trinajstić information content (AvgIpc) is 3.27. The summed E-state index contributed by atoms with van der Waals surface area (Å²) in [5.74, 6) is -2.78. The molecule has 1 heterocycles. The zero-order valence-corrected chi connectivity index (χ0v) is 23.9. The Kier molecular flexibility index (Phi) is 12.0. The molecule has 10 nitrogen and oxygen atoms in total. The number of carbonyl (C=O) groups excluding carboxylic acids is 3. The largest absolute Gasteiger partial charge is 0.480 e. The van der Waals surface area contributed by atoms with Gasteiger partial charge in [0.15, 0.2) is 0 Å². The molecule has 0 aliphatic carbocycles. The van der Waals surface area contributed by atoms with Crippen molar-refractivity contribution < 1.29 is 24.3 Å². The van der Waals surface area contributed by atoms with Gasteiger partial charge in [-0.15, -0.1) is 0 Å². The Bertz CT molecular complexity index is 1130. The predicted octanol–water partition coefficient (Wildman–Crippen LogP) is 2.72. The number of H-pyrrole nitrogens is 1. The highest BCUT2D eigenvalue weighted by molar-refractivity contribution is 5.94. The zero-order chi connectivity index (χ0) is 29.3. The summed E-state index contributed by atoms with van der Waals surface area (Å²) in [5.41, 5.74) is 8.10. The van der Waals surface area contributed by atoms with Gasteiger partial charge in [0.1, 0.15) is 18.1 Å². The summed E-state index contributed by atoms with van der Waals surface area (Å²) < 4.78 is 0. The predicted molar refractivity (Wildman–Crippen MR) is 152 cm³/mol. The average molecular weight is 544 g/mol. The summed E-state index contributed by atoms with van der Waals surface area (Å²) in [6, 6.07) is 3.93. The molecule has 0 saturated carbocycles. The van der Waals surface area contributed by atoms with Gasteiger partial charge in [0, 0.05) is 17.1 Å². The number of benzene rings is 1. The van der Waals surface area contributed by atoms with Gasteiger partial charge >= 0.3 is 5.97 Å². The van der Waals surface area contributed by atoms with E-state index in [1.54, 1.807) is 0 Å². The second-order valence-corrected chi connectivity index (χ2v) is 11.3. The molecule has 39 heavy (non-hydrogen) atoms. The van der Waals surface area contributed by atoms with E-state index in [0.29, 0.717) is 12.8 Å². The summed E-state index contributed by atoms with van der Waals surface area (Å²) >= 11 is 0. The van der Waals surface area contributed by atoms with Gasteiger partial charge in [-0.2, -0.15) is 0 Å². The first-order valence-corrected chi connectivity index (χ1v) is 13.8. The van der Waals surface area contributed by atoms with Crippen molar-refractivity contribution in [2.75, 3.05) is 0 Å². The molecule has 0 saturated heterocycles. The van der Waals surface area contributed by atoms with Gasteiger partial charge in [-0.3, -0.25) is 14.4 Å².